The van der Waals surface area contributed by atoms with Crippen LogP contribution in [0.1, 0.15) is 89.2 Å². The van der Waals surface area contributed by atoms with Crippen LogP contribution in [-0.2, 0) is 34.4 Å². The Morgan fingerprint density at radius 1 is 0.970 bits per heavy atom. The highest BCUT2D eigenvalue weighted by molar-refractivity contribution is 6.34. The van der Waals surface area contributed by atoms with Gasteiger partial charge < -0.3 is 14.8 Å². The van der Waals surface area contributed by atoms with Gasteiger partial charge in [0.15, 0.2) is 5.82 Å². The van der Waals surface area contributed by atoms with E-state index < -0.39 is 53.7 Å². The number of alkyl halides is 2. The molecule has 18 heteroatoms. The molecule has 3 aromatic heterocycles. The van der Waals surface area contributed by atoms with Crippen LogP contribution in [0.5, 0.6) is 0 Å². The molecule has 0 aliphatic carbocycles. The number of fused-ring (bicyclic) bond motifs is 2. The Bertz CT molecular complexity index is 2880. The molecule has 0 saturated carbocycles. The summed E-state index contributed by atoms with van der Waals surface area (Å²) in [7, 11) is 4.89. The number of aryl methyl sites for hydroxylation is 2. The number of H-pyrrole nitrogens is 1. The Balaban J connectivity index is 0.959. The van der Waals surface area contributed by atoms with Crippen LogP contribution in [0.4, 0.5) is 17.6 Å². The lowest BCUT2D eigenvalue weighted by Crippen LogP contribution is -2.48. The van der Waals surface area contributed by atoms with Crippen molar-refractivity contribution in [2.45, 2.75) is 75.2 Å². The van der Waals surface area contributed by atoms with E-state index in [1.54, 1.807) is 64.8 Å². The Morgan fingerprint density at radius 3 is 2.53 bits per heavy atom. The zero-order chi connectivity index (χ0) is 46.6. The lowest BCUT2D eigenvalue weighted by molar-refractivity contribution is -0.134. The van der Waals surface area contributed by atoms with Crippen LogP contribution in [0.2, 0.25) is 5.02 Å². The van der Waals surface area contributed by atoms with Crippen molar-refractivity contribution in [3.05, 3.63) is 106 Å². The summed E-state index contributed by atoms with van der Waals surface area (Å²) in [5.74, 6) is -8.52. The molecule has 4 amide bonds. The van der Waals surface area contributed by atoms with E-state index in [4.69, 9.17) is 11.6 Å². The largest absolute Gasteiger partial charge is 0.348 e. The van der Waals surface area contributed by atoms with E-state index in [0.717, 1.165) is 22.5 Å². The Morgan fingerprint density at radius 2 is 1.79 bits per heavy atom. The number of para-hydroxylation sites is 1. The monoisotopic (exact) mass is 927 g/mol. The number of amides is 4. The van der Waals surface area contributed by atoms with Gasteiger partial charge in [-0.3, -0.25) is 38.8 Å². The molecular weight excluding hydrogens is 878 g/mol. The quantitative estimate of drug-likeness (QED) is 0.101. The van der Waals surface area contributed by atoms with Crippen LogP contribution in [0, 0.1) is 11.6 Å². The maximum absolute atomic E-state index is 16.7. The molecule has 3 aliphatic heterocycles. The molecule has 3 atom stereocenters. The molecule has 2 N–H and O–H groups in total. The van der Waals surface area contributed by atoms with Gasteiger partial charge in [-0.2, -0.15) is 10.2 Å². The molecule has 0 spiro atoms. The summed E-state index contributed by atoms with van der Waals surface area (Å²) in [5, 5.41) is 12.2. The van der Waals surface area contributed by atoms with Crippen molar-refractivity contribution < 1.29 is 36.7 Å². The smallest absolute Gasteiger partial charge is 0.269 e. The normalized spacial score (nSPS) is 20.3. The number of aromatic nitrogens is 5. The number of hydrogen-bond acceptors (Lipinski definition) is 7. The van der Waals surface area contributed by atoms with Crippen LogP contribution >= 0.6 is 11.6 Å². The van der Waals surface area contributed by atoms with Gasteiger partial charge in [0.2, 0.25) is 17.7 Å². The van der Waals surface area contributed by atoms with Gasteiger partial charge in [-0.1, -0.05) is 29.8 Å². The zero-order valence-corrected chi connectivity index (χ0v) is 37.6. The zero-order valence-electron chi connectivity index (χ0n) is 36.9. The van der Waals surface area contributed by atoms with Gasteiger partial charge in [-0.25, -0.2) is 17.6 Å². The second-order valence-corrected chi connectivity index (χ2v) is 18.4. The van der Waals surface area contributed by atoms with Gasteiger partial charge in [0.1, 0.15) is 11.5 Å². The van der Waals surface area contributed by atoms with E-state index in [0.29, 0.717) is 56.6 Å². The van der Waals surface area contributed by atoms with E-state index in [1.165, 1.54) is 17.0 Å². The van der Waals surface area contributed by atoms with Crippen molar-refractivity contribution >= 4 is 57.0 Å². The van der Waals surface area contributed by atoms with Crippen LogP contribution < -0.4 is 5.32 Å². The lowest BCUT2D eigenvalue weighted by atomic mass is 9.84. The number of aromatic amines is 1. The third kappa shape index (κ3) is 8.58. The van der Waals surface area contributed by atoms with E-state index in [9.17, 15) is 19.2 Å². The summed E-state index contributed by atoms with van der Waals surface area (Å²) in [5.41, 5.74) is 2.86. The van der Waals surface area contributed by atoms with E-state index >= 15 is 17.6 Å². The average molecular weight is 928 g/mol. The van der Waals surface area contributed by atoms with Gasteiger partial charge in [0, 0.05) is 99.8 Å². The number of hydrogen-bond donors (Lipinski definition) is 2. The van der Waals surface area contributed by atoms with Crippen molar-refractivity contribution in [1.82, 2.24) is 44.6 Å². The molecule has 66 heavy (non-hydrogen) atoms. The minimum absolute atomic E-state index is 0.00908. The lowest BCUT2D eigenvalue weighted by Gasteiger charge is -2.39. The number of benzene rings is 3. The first-order valence-electron chi connectivity index (χ1n) is 22.3. The first kappa shape index (κ1) is 45.1. The van der Waals surface area contributed by atoms with Crippen molar-refractivity contribution in [2.75, 3.05) is 46.8 Å². The fourth-order valence-electron chi connectivity index (χ4n) is 10.2. The number of piperidine rings is 3. The van der Waals surface area contributed by atoms with Crippen LogP contribution in [-0.4, -0.2) is 116 Å². The molecular formula is C48H50ClF4N9O4. The third-order valence-corrected chi connectivity index (χ3v) is 13.8. The van der Waals surface area contributed by atoms with E-state index in [2.05, 4.69) is 20.5 Å². The van der Waals surface area contributed by atoms with Crippen molar-refractivity contribution in [1.29, 1.82) is 0 Å². The molecule has 3 aromatic carbocycles. The topological polar surface area (TPSA) is 141 Å². The maximum Gasteiger partial charge on any atom is 0.269 e. The van der Waals surface area contributed by atoms with Gasteiger partial charge >= 0.3 is 0 Å². The van der Waals surface area contributed by atoms with Crippen LogP contribution in [0.15, 0.2) is 60.9 Å². The Kier molecular flexibility index (Phi) is 12.3. The van der Waals surface area contributed by atoms with Gasteiger partial charge in [-0.05, 0) is 91.2 Å². The molecule has 3 aliphatic rings. The summed E-state index contributed by atoms with van der Waals surface area (Å²) in [6.07, 6.45) is 5.74. The fourth-order valence-corrected chi connectivity index (χ4v) is 10.4. The predicted molar refractivity (Wildman–Crippen MR) is 240 cm³/mol. The molecule has 6 heterocycles. The highest BCUT2D eigenvalue weighted by atomic mass is 35.5. The maximum atomic E-state index is 16.7. The number of nitrogens with one attached hydrogen (secondary N) is 2. The molecule has 0 bridgehead atoms. The molecule has 346 valence electrons. The van der Waals surface area contributed by atoms with Gasteiger partial charge in [-0.15, -0.1) is 0 Å². The second-order valence-electron chi connectivity index (χ2n) is 18.0. The Hall–Kier alpha value is -6.07. The molecule has 0 radical (unpaired) electrons. The first-order chi connectivity index (χ1) is 31.6. The number of likely N-dealkylation sites (tertiary alicyclic amines) is 2. The van der Waals surface area contributed by atoms with E-state index in [-0.39, 0.29) is 82.5 Å². The minimum atomic E-state index is -3.33. The highest BCUT2D eigenvalue weighted by Gasteiger charge is 2.46. The van der Waals surface area contributed by atoms with Crippen molar-refractivity contribution in [2.24, 2.45) is 7.05 Å². The molecule has 6 aromatic rings. The summed E-state index contributed by atoms with van der Waals surface area (Å²) in [6, 6.07) is 12.9. The summed E-state index contributed by atoms with van der Waals surface area (Å²) in [4.78, 5) is 58.6. The summed E-state index contributed by atoms with van der Waals surface area (Å²) < 4.78 is 69.2. The number of nitrogens with zero attached hydrogens (tertiary/aromatic N) is 7. The molecule has 3 fully saturated rings. The standard InChI is InChI=1S/C48H50ClF4N9O4/c1-58(2)47(66)39-24-34-32(21-31(42(51)44(34)55-39)28-8-5-16-61(25-28)41(64)14-20-62-17-6-15-54-62)33-23-38(50)35(22-37(33)49)36-13-19-60(26-48(36,52)53)18-12-27-7-4-9-29-43(57-59(3)45(27)29)30-10-11-40(63)56-46(30)65/h4,6-7,9,15,17,21-24,28,30,36,55H,5,8,10-14,16,18-20,25-26H2,1-3H3,(H,56,63,65)/t28-,30?,36-/m0/s1. The second kappa shape index (κ2) is 18.0. The van der Waals surface area contributed by atoms with Gasteiger partial charge in [0.05, 0.1) is 35.1 Å². The molecule has 3 saturated heterocycles. The molecule has 1 unspecified atom stereocenters. The summed E-state index contributed by atoms with van der Waals surface area (Å²) in [6.45, 7) is 1.09. The van der Waals surface area contributed by atoms with E-state index in [1.807, 2.05) is 18.2 Å². The first-order valence-corrected chi connectivity index (χ1v) is 22.6. The molecule has 9 rings (SSSR count). The van der Waals surface area contributed by atoms with Gasteiger partial charge in [0.25, 0.3) is 11.8 Å². The van der Waals surface area contributed by atoms with Crippen molar-refractivity contribution in [3.63, 3.8) is 0 Å². The van der Waals surface area contributed by atoms with Crippen molar-refractivity contribution in [3.8, 4) is 11.1 Å². The molecule has 13 nitrogen and oxygen atoms in total. The van der Waals surface area contributed by atoms with Crippen LogP contribution in [0.3, 0.4) is 0 Å². The number of rotatable bonds is 11. The average Bonchev–Trinajstić information content (AvgIpc) is 4.06. The third-order valence-electron chi connectivity index (χ3n) is 13.5. The minimum Gasteiger partial charge on any atom is -0.348 e. The number of halogens is 5. The number of carbonyl (C=O) groups is 4. The number of imide groups is 1. The predicted octanol–water partition coefficient (Wildman–Crippen LogP) is 7.54. The van der Waals surface area contributed by atoms with Crippen LogP contribution in [0.25, 0.3) is 32.9 Å². The summed E-state index contributed by atoms with van der Waals surface area (Å²) >= 11 is 6.96. The fraction of sp³-hybridized carbons (Fsp3) is 0.417. The SMILES string of the molecule is CN(C)C(=O)c1cc2c(-c3cc(F)c([C@@H]4CCN(CCc5cccc6c(C7CCC(=O)NC7=O)nn(C)c56)CC4(F)F)cc3Cl)cc([C@H]3CCCN(C(=O)CCn4cccn4)C3)c(F)c2[nH]1. The Labute approximate surface area is 383 Å². The number of carbonyl (C=O) groups excluding carboxylic acids is 4. The highest BCUT2D eigenvalue weighted by Crippen LogP contribution is 2.46.